The van der Waals surface area contributed by atoms with Crippen LogP contribution in [0.5, 0.6) is 0 Å². The summed E-state index contributed by atoms with van der Waals surface area (Å²) in [5.41, 5.74) is 3.35. The highest BCUT2D eigenvalue weighted by molar-refractivity contribution is 7.18. The standard InChI is InChI=1S/C21H23ClN2O4S/c1-24-8-6-14-3-2-13(10-15(14)7-9-24)11-17(25)16(12-20(26)27)23-21(28)18-4-5-19(22)29-18/h2-5,10,16H,6-9,11-12H2,1H3,(H,23,28)(H,26,27). The number of aliphatic carboxylic acids is 1. The Morgan fingerprint density at radius 2 is 1.90 bits per heavy atom. The predicted molar refractivity (Wildman–Crippen MR) is 113 cm³/mol. The Morgan fingerprint density at radius 3 is 2.55 bits per heavy atom. The Kier molecular flexibility index (Phi) is 7.05. The number of carboxylic acids is 1. The number of benzene rings is 1. The van der Waals surface area contributed by atoms with Gasteiger partial charge in [-0.15, -0.1) is 11.3 Å². The summed E-state index contributed by atoms with van der Waals surface area (Å²) in [5, 5.41) is 11.7. The number of rotatable bonds is 7. The molecule has 0 bridgehead atoms. The van der Waals surface area contributed by atoms with Crippen molar-refractivity contribution >= 4 is 40.6 Å². The van der Waals surface area contributed by atoms with Crippen LogP contribution in [-0.4, -0.2) is 53.8 Å². The molecule has 1 aliphatic heterocycles. The molecule has 1 amide bonds. The van der Waals surface area contributed by atoms with E-state index >= 15 is 0 Å². The largest absolute Gasteiger partial charge is 0.481 e. The number of carbonyl (C=O) groups excluding carboxylic acids is 2. The van der Waals surface area contributed by atoms with Gasteiger partial charge in [0.25, 0.3) is 5.91 Å². The summed E-state index contributed by atoms with van der Waals surface area (Å²) in [6, 6.07) is 8.04. The van der Waals surface area contributed by atoms with Crippen LogP contribution in [0.2, 0.25) is 4.34 Å². The van der Waals surface area contributed by atoms with Gasteiger partial charge in [-0.05, 0) is 48.7 Å². The zero-order valence-corrected chi connectivity index (χ0v) is 17.7. The molecular weight excluding hydrogens is 412 g/mol. The van der Waals surface area contributed by atoms with Gasteiger partial charge in [-0.2, -0.15) is 0 Å². The average molecular weight is 435 g/mol. The monoisotopic (exact) mass is 434 g/mol. The highest BCUT2D eigenvalue weighted by Gasteiger charge is 2.25. The zero-order chi connectivity index (χ0) is 21.0. The molecule has 0 aliphatic carbocycles. The normalized spacial score (nSPS) is 15.2. The number of thiophene rings is 1. The first kappa shape index (κ1) is 21.5. The van der Waals surface area contributed by atoms with Crippen molar-refractivity contribution in [2.24, 2.45) is 0 Å². The van der Waals surface area contributed by atoms with E-state index in [1.54, 1.807) is 12.1 Å². The van der Waals surface area contributed by atoms with Crippen LogP contribution in [-0.2, 0) is 28.9 Å². The molecule has 1 aliphatic rings. The highest BCUT2D eigenvalue weighted by atomic mass is 35.5. The van der Waals surface area contributed by atoms with Crippen LogP contribution in [0.1, 0.15) is 32.8 Å². The van der Waals surface area contributed by atoms with Crippen molar-refractivity contribution in [2.45, 2.75) is 31.7 Å². The Labute approximate surface area is 178 Å². The first-order chi connectivity index (χ1) is 13.8. The van der Waals surface area contributed by atoms with Crippen LogP contribution < -0.4 is 5.32 Å². The Morgan fingerprint density at radius 1 is 1.17 bits per heavy atom. The fourth-order valence-corrected chi connectivity index (χ4v) is 4.36. The molecule has 6 nitrogen and oxygen atoms in total. The molecule has 0 fully saturated rings. The first-order valence-electron chi connectivity index (χ1n) is 9.41. The second-order valence-electron chi connectivity index (χ2n) is 7.28. The van der Waals surface area contributed by atoms with Gasteiger partial charge in [-0.25, -0.2) is 0 Å². The number of nitrogens with one attached hydrogen (secondary N) is 1. The number of hydrogen-bond acceptors (Lipinski definition) is 5. The van der Waals surface area contributed by atoms with Gasteiger partial charge in [0.15, 0.2) is 5.78 Å². The van der Waals surface area contributed by atoms with Crippen molar-refractivity contribution in [3.8, 4) is 0 Å². The molecular formula is C21H23ClN2O4S. The maximum atomic E-state index is 12.8. The lowest BCUT2D eigenvalue weighted by molar-refractivity contribution is -0.139. The topological polar surface area (TPSA) is 86.7 Å². The van der Waals surface area contributed by atoms with Crippen molar-refractivity contribution in [1.29, 1.82) is 0 Å². The summed E-state index contributed by atoms with van der Waals surface area (Å²) < 4.78 is 0.451. The van der Waals surface area contributed by atoms with Crippen molar-refractivity contribution in [1.82, 2.24) is 10.2 Å². The molecule has 1 aromatic heterocycles. The van der Waals surface area contributed by atoms with E-state index in [9.17, 15) is 19.5 Å². The van der Waals surface area contributed by atoms with E-state index in [0.29, 0.717) is 9.21 Å². The summed E-state index contributed by atoms with van der Waals surface area (Å²) in [4.78, 5) is 39.0. The highest BCUT2D eigenvalue weighted by Crippen LogP contribution is 2.22. The molecule has 1 aromatic carbocycles. The predicted octanol–water partition coefficient (Wildman–Crippen LogP) is 2.82. The molecule has 29 heavy (non-hydrogen) atoms. The molecule has 0 saturated heterocycles. The summed E-state index contributed by atoms with van der Waals surface area (Å²) in [7, 11) is 2.09. The maximum absolute atomic E-state index is 12.8. The van der Waals surface area contributed by atoms with Gasteiger partial charge < -0.3 is 15.3 Å². The first-order valence-corrected chi connectivity index (χ1v) is 10.6. The summed E-state index contributed by atoms with van der Waals surface area (Å²) in [6.07, 6.45) is 1.51. The van der Waals surface area contributed by atoms with E-state index in [4.69, 9.17) is 11.6 Å². The van der Waals surface area contributed by atoms with E-state index < -0.39 is 24.3 Å². The fraction of sp³-hybridized carbons (Fsp3) is 0.381. The number of fused-ring (bicyclic) bond motifs is 1. The minimum atomic E-state index is -1.14. The quantitative estimate of drug-likeness (QED) is 0.699. The van der Waals surface area contributed by atoms with Crippen LogP contribution in [0.3, 0.4) is 0 Å². The van der Waals surface area contributed by atoms with E-state index in [-0.39, 0.29) is 12.2 Å². The molecule has 8 heteroatoms. The molecule has 0 saturated carbocycles. The van der Waals surface area contributed by atoms with E-state index in [2.05, 4.69) is 23.3 Å². The lowest BCUT2D eigenvalue weighted by Crippen LogP contribution is -2.42. The summed E-state index contributed by atoms with van der Waals surface area (Å²) >= 11 is 6.93. The van der Waals surface area contributed by atoms with Gasteiger partial charge in [0, 0.05) is 19.5 Å². The Bertz CT molecular complexity index is 927. The van der Waals surface area contributed by atoms with Crippen LogP contribution >= 0.6 is 22.9 Å². The minimum Gasteiger partial charge on any atom is -0.481 e. The summed E-state index contributed by atoms with van der Waals surface area (Å²) in [6.45, 7) is 1.97. The van der Waals surface area contributed by atoms with Crippen molar-refractivity contribution < 1.29 is 19.5 Å². The van der Waals surface area contributed by atoms with Gasteiger partial charge in [0.1, 0.15) is 0 Å². The number of hydrogen-bond donors (Lipinski definition) is 2. The maximum Gasteiger partial charge on any atom is 0.305 e. The van der Waals surface area contributed by atoms with Gasteiger partial charge in [-0.3, -0.25) is 14.4 Å². The number of amides is 1. The van der Waals surface area contributed by atoms with Crippen molar-refractivity contribution in [3.05, 3.63) is 56.2 Å². The van der Waals surface area contributed by atoms with E-state index in [1.807, 2.05) is 12.1 Å². The lowest BCUT2D eigenvalue weighted by Gasteiger charge is -2.16. The number of carboxylic acid groups (broad SMARTS) is 1. The molecule has 1 unspecified atom stereocenters. The Balaban J connectivity index is 1.71. The van der Waals surface area contributed by atoms with E-state index in [1.165, 1.54) is 11.1 Å². The third-order valence-corrected chi connectivity index (χ3v) is 6.27. The SMILES string of the molecule is CN1CCc2ccc(CC(=O)C(CC(=O)O)NC(=O)c3ccc(Cl)s3)cc2CC1. The number of halogens is 1. The second-order valence-corrected chi connectivity index (χ2v) is 8.99. The molecule has 0 spiro atoms. The number of ketones is 1. The number of carbonyl (C=O) groups is 3. The number of Topliss-reactive ketones (excluding diaryl/α,β-unsaturated/α-hetero) is 1. The van der Waals surface area contributed by atoms with Crippen LogP contribution in [0.25, 0.3) is 0 Å². The summed E-state index contributed by atoms with van der Waals surface area (Å²) in [5.74, 6) is -1.96. The molecule has 154 valence electrons. The molecule has 3 rings (SSSR count). The van der Waals surface area contributed by atoms with Crippen LogP contribution in [0.4, 0.5) is 0 Å². The fourth-order valence-electron chi connectivity index (χ4n) is 3.41. The second kappa shape index (κ2) is 9.52. The van der Waals surface area contributed by atoms with E-state index in [0.717, 1.165) is 42.8 Å². The van der Waals surface area contributed by atoms with Gasteiger partial charge in [-0.1, -0.05) is 29.8 Å². The third-order valence-electron chi connectivity index (χ3n) is 5.04. The smallest absolute Gasteiger partial charge is 0.305 e. The number of nitrogens with zero attached hydrogens (tertiary/aromatic N) is 1. The third kappa shape index (κ3) is 5.88. The van der Waals surface area contributed by atoms with Crippen LogP contribution in [0, 0.1) is 0 Å². The van der Waals surface area contributed by atoms with Gasteiger partial charge in [0.05, 0.1) is 21.7 Å². The lowest BCUT2D eigenvalue weighted by atomic mass is 9.95. The van der Waals surface area contributed by atoms with Crippen molar-refractivity contribution in [2.75, 3.05) is 20.1 Å². The molecule has 2 N–H and O–H groups in total. The molecule has 1 atom stereocenters. The minimum absolute atomic E-state index is 0.0759. The van der Waals surface area contributed by atoms with Crippen LogP contribution in [0.15, 0.2) is 30.3 Å². The molecule has 2 aromatic rings. The average Bonchev–Trinajstić information content (AvgIpc) is 3.02. The zero-order valence-electron chi connectivity index (χ0n) is 16.1. The molecule has 2 heterocycles. The molecule has 0 radical (unpaired) electrons. The van der Waals surface area contributed by atoms with Gasteiger partial charge >= 0.3 is 5.97 Å². The van der Waals surface area contributed by atoms with Gasteiger partial charge in [0.2, 0.25) is 0 Å². The Hall–Kier alpha value is -2.22. The van der Waals surface area contributed by atoms with Crippen molar-refractivity contribution in [3.63, 3.8) is 0 Å². The number of likely N-dealkylation sites (N-methyl/N-ethyl adjacent to an activating group) is 1.